The Hall–Kier alpha value is -2.99. The number of rotatable bonds is 9. The molecule has 0 spiro atoms. The summed E-state index contributed by atoms with van der Waals surface area (Å²) < 4.78 is 0. The summed E-state index contributed by atoms with van der Waals surface area (Å²) in [5.74, 6) is 0.678. The van der Waals surface area contributed by atoms with E-state index in [1.54, 1.807) is 11.3 Å². The number of aliphatic carboxylic acids is 1. The number of aryl methyl sites for hydroxylation is 1. The van der Waals surface area contributed by atoms with Crippen molar-refractivity contribution in [3.63, 3.8) is 0 Å². The Morgan fingerprint density at radius 1 is 1.13 bits per heavy atom. The van der Waals surface area contributed by atoms with Crippen molar-refractivity contribution < 1.29 is 9.90 Å². The number of hydrogen-bond acceptors (Lipinski definition) is 5. The average Bonchev–Trinajstić information content (AvgIpc) is 3.18. The van der Waals surface area contributed by atoms with Gasteiger partial charge in [-0.05, 0) is 55.7 Å². The van der Waals surface area contributed by atoms with E-state index in [0.29, 0.717) is 0 Å². The smallest absolute Gasteiger partial charge is 0.307 e. The molecule has 0 atom stereocenters. The van der Waals surface area contributed by atoms with Crippen molar-refractivity contribution in [3.05, 3.63) is 64.2 Å². The molecule has 30 heavy (non-hydrogen) atoms. The summed E-state index contributed by atoms with van der Waals surface area (Å²) >= 11 is 1.69. The maximum Gasteiger partial charge on any atom is 0.307 e. The fraction of sp³-hybridized carbons (Fsp3) is 0.292. The fourth-order valence-electron chi connectivity index (χ4n) is 3.18. The lowest BCUT2D eigenvalue weighted by Gasteiger charge is -2.14. The zero-order valence-electron chi connectivity index (χ0n) is 17.6. The minimum absolute atomic E-state index is 0.0185. The summed E-state index contributed by atoms with van der Waals surface area (Å²) in [6, 6.07) is 11.6. The molecule has 2 N–H and O–H groups in total. The van der Waals surface area contributed by atoms with Crippen LogP contribution in [-0.4, -0.2) is 21.0 Å². The third-order valence-electron chi connectivity index (χ3n) is 4.72. The van der Waals surface area contributed by atoms with Crippen molar-refractivity contribution in [2.75, 3.05) is 5.32 Å². The van der Waals surface area contributed by atoms with Crippen LogP contribution in [0.25, 0.3) is 16.8 Å². The number of nitrogens with one attached hydrogen (secondary N) is 1. The highest BCUT2D eigenvalue weighted by Gasteiger charge is 2.13. The number of aromatic nitrogens is 2. The molecule has 0 saturated carbocycles. The molecule has 2 heterocycles. The number of benzene rings is 1. The molecular formula is C24H27N3O2S. The number of carboxylic acid groups (broad SMARTS) is 1. The van der Waals surface area contributed by atoms with Crippen molar-refractivity contribution in [2.24, 2.45) is 0 Å². The quantitative estimate of drug-likeness (QED) is 0.426. The molecule has 0 saturated heterocycles. The van der Waals surface area contributed by atoms with E-state index in [0.717, 1.165) is 58.3 Å². The number of anilines is 2. The van der Waals surface area contributed by atoms with Gasteiger partial charge in [0.1, 0.15) is 5.82 Å². The van der Waals surface area contributed by atoms with Crippen molar-refractivity contribution in [3.8, 4) is 10.7 Å². The standard InChI is InChI=1S/C24H27N3O2S/c1-4-6-7-8-19-13-14-21(30-19)24-25-16(3)20(5-2)23(27-24)26-18-11-9-17(10-12-18)15-22(28)29/h7-14H,4-6,15H2,1-3H3,(H,28,29)(H,25,26,27)/b8-7+. The van der Waals surface area contributed by atoms with Crippen LogP contribution in [-0.2, 0) is 17.6 Å². The summed E-state index contributed by atoms with van der Waals surface area (Å²) in [5, 5.41) is 12.3. The first-order valence-electron chi connectivity index (χ1n) is 10.2. The number of nitrogens with zero attached hydrogens (tertiary/aromatic N) is 2. The molecule has 0 aliphatic rings. The molecule has 0 aliphatic carbocycles. The van der Waals surface area contributed by atoms with Gasteiger partial charge >= 0.3 is 5.97 Å². The number of hydrogen-bond donors (Lipinski definition) is 2. The lowest BCUT2D eigenvalue weighted by atomic mass is 10.1. The summed E-state index contributed by atoms with van der Waals surface area (Å²) in [7, 11) is 0. The van der Waals surface area contributed by atoms with Gasteiger partial charge in [-0.2, -0.15) is 0 Å². The van der Waals surface area contributed by atoms with Crippen molar-refractivity contribution in [1.82, 2.24) is 9.97 Å². The molecule has 0 unspecified atom stereocenters. The predicted molar refractivity (Wildman–Crippen MR) is 124 cm³/mol. The Bertz CT molecular complexity index is 1040. The van der Waals surface area contributed by atoms with E-state index in [1.165, 1.54) is 4.88 Å². The second-order valence-corrected chi connectivity index (χ2v) is 8.21. The first-order valence-corrected chi connectivity index (χ1v) is 11.0. The molecule has 2 aromatic heterocycles. The molecule has 0 radical (unpaired) electrons. The van der Waals surface area contributed by atoms with Crippen LogP contribution in [0.5, 0.6) is 0 Å². The van der Waals surface area contributed by atoms with Gasteiger partial charge in [-0.15, -0.1) is 11.3 Å². The van der Waals surface area contributed by atoms with Crippen LogP contribution in [0.2, 0.25) is 0 Å². The van der Waals surface area contributed by atoms with E-state index in [4.69, 9.17) is 15.1 Å². The molecule has 3 aromatic rings. The van der Waals surface area contributed by atoms with Crippen molar-refractivity contribution in [2.45, 2.75) is 46.5 Å². The minimum Gasteiger partial charge on any atom is -0.481 e. The molecule has 3 rings (SSSR count). The highest BCUT2D eigenvalue weighted by atomic mass is 32.1. The van der Waals surface area contributed by atoms with Crippen LogP contribution in [0, 0.1) is 6.92 Å². The number of carboxylic acids is 1. The number of unbranched alkanes of at least 4 members (excludes halogenated alkanes) is 1. The van der Waals surface area contributed by atoms with Gasteiger partial charge in [0.2, 0.25) is 0 Å². The molecule has 0 bridgehead atoms. The van der Waals surface area contributed by atoms with E-state index in [-0.39, 0.29) is 6.42 Å². The highest BCUT2D eigenvalue weighted by molar-refractivity contribution is 7.16. The average molecular weight is 422 g/mol. The topological polar surface area (TPSA) is 75.1 Å². The van der Waals surface area contributed by atoms with E-state index < -0.39 is 5.97 Å². The number of carbonyl (C=O) groups is 1. The Labute approximate surface area is 181 Å². The number of allylic oxidation sites excluding steroid dienone is 1. The van der Waals surface area contributed by atoms with Gasteiger partial charge in [0.15, 0.2) is 5.82 Å². The van der Waals surface area contributed by atoms with Crippen LogP contribution >= 0.6 is 11.3 Å². The highest BCUT2D eigenvalue weighted by Crippen LogP contribution is 2.30. The van der Waals surface area contributed by atoms with Gasteiger partial charge < -0.3 is 10.4 Å². The van der Waals surface area contributed by atoms with Crippen LogP contribution in [0.15, 0.2) is 42.5 Å². The van der Waals surface area contributed by atoms with Gasteiger partial charge in [0, 0.05) is 21.8 Å². The van der Waals surface area contributed by atoms with Gasteiger partial charge in [-0.25, -0.2) is 9.97 Å². The third kappa shape index (κ3) is 5.54. The maximum atomic E-state index is 10.9. The first kappa shape index (κ1) is 21.7. The SMILES string of the molecule is CCC/C=C/c1ccc(-c2nc(C)c(CC)c(Nc3ccc(CC(=O)O)cc3)n2)s1. The van der Waals surface area contributed by atoms with Gasteiger partial charge in [0.05, 0.1) is 11.3 Å². The molecule has 156 valence electrons. The van der Waals surface area contributed by atoms with Crippen LogP contribution in [0.4, 0.5) is 11.5 Å². The molecule has 0 amide bonds. The van der Waals surface area contributed by atoms with E-state index >= 15 is 0 Å². The zero-order valence-corrected chi connectivity index (χ0v) is 18.4. The van der Waals surface area contributed by atoms with E-state index in [2.05, 4.69) is 43.4 Å². The third-order valence-corrected chi connectivity index (χ3v) is 5.77. The van der Waals surface area contributed by atoms with E-state index in [9.17, 15) is 4.79 Å². The molecule has 0 aliphatic heterocycles. The lowest BCUT2D eigenvalue weighted by molar-refractivity contribution is -0.136. The van der Waals surface area contributed by atoms with Gasteiger partial charge in [-0.3, -0.25) is 4.79 Å². The second-order valence-electron chi connectivity index (χ2n) is 7.10. The van der Waals surface area contributed by atoms with E-state index in [1.807, 2.05) is 31.2 Å². The Morgan fingerprint density at radius 2 is 1.90 bits per heavy atom. The minimum atomic E-state index is -0.833. The molecule has 6 heteroatoms. The summed E-state index contributed by atoms with van der Waals surface area (Å²) in [5.41, 5.74) is 3.68. The van der Waals surface area contributed by atoms with Crippen LogP contribution < -0.4 is 5.32 Å². The molecule has 0 fully saturated rings. The molecule has 1 aromatic carbocycles. The summed E-state index contributed by atoms with van der Waals surface area (Å²) in [6.45, 7) is 6.28. The Kier molecular flexibility index (Phi) is 7.36. The van der Waals surface area contributed by atoms with Crippen LogP contribution in [0.1, 0.15) is 48.4 Å². The van der Waals surface area contributed by atoms with Crippen molar-refractivity contribution >= 4 is 34.9 Å². The van der Waals surface area contributed by atoms with Crippen LogP contribution in [0.3, 0.4) is 0 Å². The maximum absolute atomic E-state index is 10.9. The van der Waals surface area contributed by atoms with Gasteiger partial charge in [-0.1, -0.05) is 38.5 Å². The van der Waals surface area contributed by atoms with Gasteiger partial charge in [0.25, 0.3) is 0 Å². The fourth-order valence-corrected chi connectivity index (χ4v) is 4.05. The lowest BCUT2D eigenvalue weighted by Crippen LogP contribution is -2.05. The number of thiophene rings is 1. The Morgan fingerprint density at radius 3 is 2.57 bits per heavy atom. The monoisotopic (exact) mass is 421 g/mol. The Balaban J connectivity index is 1.87. The van der Waals surface area contributed by atoms with Crippen molar-refractivity contribution in [1.29, 1.82) is 0 Å². The summed E-state index contributed by atoms with van der Waals surface area (Å²) in [6.07, 6.45) is 7.41. The molecular weight excluding hydrogens is 394 g/mol. The largest absolute Gasteiger partial charge is 0.481 e. The normalized spacial score (nSPS) is 11.2. The molecule has 5 nitrogen and oxygen atoms in total. The zero-order chi connectivity index (χ0) is 21.5. The first-order chi connectivity index (χ1) is 14.5. The summed E-state index contributed by atoms with van der Waals surface area (Å²) in [4.78, 5) is 22.7. The second kappa shape index (κ2) is 10.2. The predicted octanol–water partition coefficient (Wildman–Crippen LogP) is 6.26.